The van der Waals surface area contributed by atoms with Crippen LogP contribution < -0.4 is 5.73 Å². The number of aryl methyl sites for hydroxylation is 1. The van der Waals surface area contributed by atoms with Crippen LogP contribution in [0.15, 0.2) is 30.6 Å². The minimum Gasteiger partial charge on any atom is -0.444 e. The van der Waals surface area contributed by atoms with Crippen molar-refractivity contribution < 1.29 is 9.53 Å². The van der Waals surface area contributed by atoms with Crippen LogP contribution in [0.4, 0.5) is 10.6 Å². The van der Waals surface area contributed by atoms with Gasteiger partial charge in [-0.25, -0.2) is 9.78 Å². The van der Waals surface area contributed by atoms with Crippen molar-refractivity contribution in [3.8, 4) is 11.1 Å². The van der Waals surface area contributed by atoms with Gasteiger partial charge in [-0.3, -0.25) is 4.98 Å². The number of nitrogen functional groups attached to an aromatic ring is 1. The van der Waals surface area contributed by atoms with Crippen LogP contribution in [-0.2, 0) is 4.74 Å². The molecule has 5 rings (SSSR count). The molecule has 1 aliphatic heterocycles. The van der Waals surface area contributed by atoms with Gasteiger partial charge in [-0.05, 0) is 53.0 Å². The Balaban J connectivity index is 1.40. The highest BCUT2D eigenvalue weighted by Crippen LogP contribution is 2.50. The Hall–Kier alpha value is -3.16. The molecule has 8 nitrogen and oxygen atoms in total. The highest BCUT2D eigenvalue weighted by Gasteiger charge is 2.56. The molecule has 4 atom stereocenters. The number of fused-ring (bicyclic) bond motifs is 2. The molecule has 3 aromatic rings. The third-order valence-corrected chi connectivity index (χ3v) is 6.94. The van der Waals surface area contributed by atoms with Gasteiger partial charge in [-0.1, -0.05) is 13.0 Å². The van der Waals surface area contributed by atoms with E-state index < -0.39 is 5.60 Å². The molecular weight excluding hydrogens is 416 g/mol. The molecule has 0 bridgehead atoms. The van der Waals surface area contributed by atoms with Crippen LogP contribution in [0.2, 0.25) is 0 Å². The topological polar surface area (TPSA) is 98.6 Å². The molecule has 1 saturated heterocycles. The number of nitrogens with zero attached hydrogens (tertiary/aromatic N) is 5. The number of ether oxygens (including phenoxy) is 1. The van der Waals surface area contributed by atoms with Crippen molar-refractivity contribution in [2.24, 2.45) is 5.92 Å². The molecule has 4 heterocycles. The average molecular weight is 449 g/mol. The zero-order chi connectivity index (χ0) is 23.5. The van der Waals surface area contributed by atoms with Crippen LogP contribution in [0, 0.1) is 12.8 Å². The summed E-state index contributed by atoms with van der Waals surface area (Å²) in [5.74, 6) is 1.24. The summed E-state index contributed by atoms with van der Waals surface area (Å²) < 4.78 is 7.36. The zero-order valence-corrected chi connectivity index (χ0v) is 19.9. The second-order valence-electron chi connectivity index (χ2n) is 10.5. The van der Waals surface area contributed by atoms with Crippen LogP contribution in [-0.4, -0.2) is 48.3 Å². The molecule has 2 aliphatic rings. The summed E-state index contributed by atoms with van der Waals surface area (Å²) in [5.41, 5.74) is 10.3. The van der Waals surface area contributed by atoms with Crippen LogP contribution in [0.1, 0.15) is 64.3 Å². The highest BCUT2D eigenvalue weighted by atomic mass is 16.6. The molecule has 33 heavy (non-hydrogen) atoms. The number of amides is 1. The molecule has 0 spiro atoms. The predicted octanol–water partition coefficient (Wildman–Crippen LogP) is 4.57. The summed E-state index contributed by atoms with van der Waals surface area (Å²) in [6.07, 6.45) is 6.49. The van der Waals surface area contributed by atoms with Gasteiger partial charge in [0.15, 0.2) is 5.65 Å². The highest BCUT2D eigenvalue weighted by molar-refractivity contribution is 5.77. The lowest BCUT2D eigenvalue weighted by molar-refractivity contribution is -0.120. The van der Waals surface area contributed by atoms with E-state index in [9.17, 15) is 4.79 Å². The third kappa shape index (κ3) is 3.81. The number of hydrogen-bond acceptors (Lipinski definition) is 6. The Kier molecular flexibility index (Phi) is 5.06. The molecule has 1 aliphatic carbocycles. The number of pyridine rings is 1. The van der Waals surface area contributed by atoms with Gasteiger partial charge in [-0.15, -0.1) is 0 Å². The number of hydrogen-bond donors (Lipinski definition) is 1. The Morgan fingerprint density at radius 3 is 2.70 bits per heavy atom. The Bertz CT molecular complexity index is 1200. The fourth-order valence-electron chi connectivity index (χ4n) is 5.10. The largest absolute Gasteiger partial charge is 0.444 e. The summed E-state index contributed by atoms with van der Waals surface area (Å²) in [4.78, 5) is 24.1. The second kappa shape index (κ2) is 7.71. The van der Waals surface area contributed by atoms with Crippen molar-refractivity contribution in [2.75, 3.05) is 5.73 Å². The number of carbonyl (C=O) groups is 1. The molecule has 2 N–H and O–H groups in total. The lowest BCUT2D eigenvalue weighted by Gasteiger charge is -2.61. The number of aromatic nitrogens is 4. The maximum Gasteiger partial charge on any atom is 0.410 e. The number of nitrogens with two attached hydrogens (primary N) is 1. The first-order valence-corrected chi connectivity index (χ1v) is 11.7. The molecule has 8 heteroatoms. The maximum absolute atomic E-state index is 12.8. The van der Waals surface area contributed by atoms with Gasteiger partial charge >= 0.3 is 6.09 Å². The first-order valence-electron chi connectivity index (χ1n) is 11.7. The molecule has 2 fully saturated rings. The smallest absolute Gasteiger partial charge is 0.410 e. The van der Waals surface area contributed by atoms with E-state index in [1.54, 1.807) is 10.7 Å². The van der Waals surface area contributed by atoms with Crippen LogP contribution >= 0.6 is 0 Å². The van der Waals surface area contributed by atoms with Crippen LogP contribution in [0.3, 0.4) is 0 Å². The van der Waals surface area contributed by atoms with Gasteiger partial charge < -0.3 is 15.4 Å². The van der Waals surface area contributed by atoms with E-state index in [4.69, 9.17) is 15.5 Å². The number of likely N-dealkylation sites (tertiary alicyclic amines) is 1. The fraction of sp³-hybridized carbons (Fsp3) is 0.520. The maximum atomic E-state index is 12.8. The monoisotopic (exact) mass is 448 g/mol. The van der Waals surface area contributed by atoms with Gasteiger partial charge in [0.25, 0.3) is 0 Å². The molecule has 3 aromatic heterocycles. The van der Waals surface area contributed by atoms with Gasteiger partial charge in [0.1, 0.15) is 11.4 Å². The minimum atomic E-state index is -0.494. The van der Waals surface area contributed by atoms with E-state index in [0.29, 0.717) is 17.8 Å². The third-order valence-electron chi connectivity index (χ3n) is 6.94. The normalized spacial score (nSPS) is 22.9. The second-order valence-corrected chi connectivity index (χ2v) is 10.5. The van der Waals surface area contributed by atoms with Crippen LogP contribution in [0.5, 0.6) is 0 Å². The molecule has 0 radical (unpaired) electrons. The van der Waals surface area contributed by atoms with Gasteiger partial charge in [0, 0.05) is 58.7 Å². The quantitative estimate of drug-likeness (QED) is 0.628. The first-order chi connectivity index (χ1) is 15.6. The van der Waals surface area contributed by atoms with E-state index >= 15 is 0 Å². The number of anilines is 1. The van der Waals surface area contributed by atoms with E-state index in [-0.39, 0.29) is 18.1 Å². The van der Waals surface area contributed by atoms with Crippen molar-refractivity contribution in [2.45, 2.75) is 77.5 Å². The van der Waals surface area contributed by atoms with Gasteiger partial charge in [0.2, 0.25) is 0 Å². The molecule has 0 aromatic carbocycles. The Labute approximate surface area is 194 Å². The lowest BCUT2D eigenvalue weighted by atomic mass is 9.63. The summed E-state index contributed by atoms with van der Waals surface area (Å²) in [6, 6.07) is 6.41. The van der Waals surface area contributed by atoms with Crippen molar-refractivity contribution in [1.29, 1.82) is 0 Å². The molecule has 4 unspecified atom stereocenters. The standard InChI is InChI=1S/C25H32N6O2/c1-14(10-21-17-8-9-20(17)30(21)24(32)33-25(3,4)5)19-11-22(26)31-23(29-19)18(13-28-31)16-7-6-15(2)27-12-16/h6-7,11-14,17,20-21H,8-10,26H2,1-5H3. The molecular formula is C25H32N6O2. The van der Waals surface area contributed by atoms with Crippen molar-refractivity contribution >= 4 is 17.6 Å². The average Bonchev–Trinajstić information content (AvgIpc) is 3.14. The van der Waals surface area contributed by atoms with E-state index in [1.165, 1.54) is 6.42 Å². The summed E-state index contributed by atoms with van der Waals surface area (Å²) >= 11 is 0. The lowest BCUT2D eigenvalue weighted by Crippen LogP contribution is -2.71. The van der Waals surface area contributed by atoms with E-state index in [2.05, 4.69) is 17.0 Å². The Morgan fingerprint density at radius 1 is 1.27 bits per heavy atom. The number of rotatable bonds is 4. The zero-order valence-electron chi connectivity index (χ0n) is 19.9. The van der Waals surface area contributed by atoms with Crippen LogP contribution in [0.25, 0.3) is 16.8 Å². The summed E-state index contributed by atoms with van der Waals surface area (Å²) in [6.45, 7) is 9.85. The minimum absolute atomic E-state index is 0.132. The van der Waals surface area contributed by atoms with Gasteiger partial charge in [-0.2, -0.15) is 9.61 Å². The SMILES string of the molecule is Cc1ccc(-c2cnn3c(N)cc(C(C)CC4C5CCC5N4C(=O)OC(C)(C)C)nc23)cn1. The van der Waals surface area contributed by atoms with E-state index in [0.717, 1.165) is 41.0 Å². The van der Waals surface area contributed by atoms with Crippen molar-refractivity contribution in [3.63, 3.8) is 0 Å². The van der Waals surface area contributed by atoms with E-state index in [1.807, 2.05) is 57.0 Å². The van der Waals surface area contributed by atoms with Crippen molar-refractivity contribution in [3.05, 3.63) is 42.0 Å². The van der Waals surface area contributed by atoms with Crippen molar-refractivity contribution in [1.82, 2.24) is 24.5 Å². The Morgan fingerprint density at radius 2 is 2.06 bits per heavy atom. The number of piperidine rings is 1. The predicted molar refractivity (Wildman–Crippen MR) is 127 cm³/mol. The van der Waals surface area contributed by atoms with Gasteiger partial charge in [0.05, 0.1) is 6.20 Å². The first kappa shape index (κ1) is 21.7. The fourth-order valence-corrected chi connectivity index (χ4v) is 5.10. The molecule has 174 valence electrons. The summed E-state index contributed by atoms with van der Waals surface area (Å²) in [5, 5.41) is 4.44. The molecule has 1 saturated carbocycles. The number of carbonyl (C=O) groups excluding carboxylic acids is 1. The summed E-state index contributed by atoms with van der Waals surface area (Å²) in [7, 11) is 0. The molecule has 1 amide bonds.